The van der Waals surface area contributed by atoms with Crippen molar-refractivity contribution in [1.82, 2.24) is 18.8 Å². The van der Waals surface area contributed by atoms with Crippen LogP contribution in [0.25, 0.3) is 0 Å². The van der Waals surface area contributed by atoms with Gasteiger partial charge in [-0.05, 0) is 49.6 Å². The Bertz CT molecular complexity index is 1080. The van der Waals surface area contributed by atoms with Crippen LogP contribution in [0.2, 0.25) is 5.02 Å². The van der Waals surface area contributed by atoms with Gasteiger partial charge in [0.15, 0.2) is 0 Å². The first-order chi connectivity index (χ1) is 13.5. The number of hydrogen-bond acceptors (Lipinski definition) is 4. The number of pyridine rings is 1. The average molecular weight is 417 g/mol. The van der Waals surface area contributed by atoms with E-state index >= 15 is 0 Å². The van der Waals surface area contributed by atoms with Crippen LogP contribution in [-0.4, -0.2) is 33.8 Å². The van der Waals surface area contributed by atoms with Crippen LogP contribution in [-0.2, 0) is 16.6 Å². The van der Waals surface area contributed by atoms with Crippen LogP contribution in [0, 0.1) is 6.92 Å². The number of benzene rings is 1. The van der Waals surface area contributed by atoms with Crippen molar-refractivity contribution in [2.45, 2.75) is 37.2 Å². The predicted octanol–water partition coefficient (Wildman–Crippen LogP) is 3.81. The van der Waals surface area contributed by atoms with Crippen LogP contribution in [0.1, 0.15) is 36.0 Å². The maximum atomic E-state index is 13.3. The van der Waals surface area contributed by atoms with Gasteiger partial charge in [-0.1, -0.05) is 23.7 Å². The number of nitrogens with zero attached hydrogens (tertiary/aromatic N) is 4. The average Bonchev–Trinajstić information content (AvgIpc) is 3.30. The summed E-state index contributed by atoms with van der Waals surface area (Å²) in [4.78, 5) is 8.97. The fourth-order valence-corrected chi connectivity index (χ4v) is 5.63. The highest BCUT2D eigenvalue weighted by Gasteiger charge is 2.38. The molecular formula is C20H21ClN4O2S. The van der Waals surface area contributed by atoms with E-state index in [-0.39, 0.29) is 10.9 Å². The number of sulfonamides is 1. The van der Waals surface area contributed by atoms with Gasteiger partial charge in [0.25, 0.3) is 0 Å². The van der Waals surface area contributed by atoms with Gasteiger partial charge < -0.3 is 4.57 Å². The summed E-state index contributed by atoms with van der Waals surface area (Å²) >= 11 is 6.02. The van der Waals surface area contributed by atoms with E-state index < -0.39 is 10.0 Å². The van der Waals surface area contributed by atoms with E-state index in [1.54, 1.807) is 34.9 Å². The Balaban J connectivity index is 1.70. The molecule has 1 atom stereocenters. The molecule has 2 aromatic heterocycles. The number of rotatable bonds is 5. The fourth-order valence-electron chi connectivity index (χ4n) is 3.67. The third kappa shape index (κ3) is 3.57. The molecular weight excluding hydrogens is 396 g/mol. The van der Waals surface area contributed by atoms with Crippen molar-refractivity contribution < 1.29 is 8.42 Å². The van der Waals surface area contributed by atoms with Gasteiger partial charge in [-0.25, -0.2) is 13.4 Å². The molecule has 1 aromatic carbocycles. The minimum absolute atomic E-state index is 0.217. The molecule has 146 valence electrons. The minimum atomic E-state index is -3.66. The molecule has 8 heteroatoms. The summed E-state index contributed by atoms with van der Waals surface area (Å²) in [6.07, 6.45) is 6.89. The molecule has 0 N–H and O–H groups in total. The van der Waals surface area contributed by atoms with Gasteiger partial charge in [-0.2, -0.15) is 4.31 Å². The second-order valence-corrected chi connectivity index (χ2v) is 9.26. The number of imidazole rings is 1. The van der Waals surface area contributed by atoms with E-state index in [1.807, 2.05) is 25.3 Å². The normalized spacial score (nSPS) is 17.9. The van der Waals surface area contributed by atoms with E-state index in [2.05, 4.69) is 14.5 Å². The highest BCUT2D eigenvalue weighted by Crippen LogP contribution is 2.36. The molecule has 28 heavy (non-hydrogen) atoms. The molecule has 0 saturated carbocycles. The van der Waals surface area contributed by atoms with Crippen molar-refractivity contribution in [3.63, 3.8) is 0 Å². The van der Waals surface area contributed by atoms with Crippen LogP contribution in [0.3, 0.4) is 0 Å². The van der Waals surface area contributed by atoms with Crippen molar-refractivity contribution in [2.24, 2.45) is 0 Å². The Morgan fingerprint density at radius 1 is 1.21 bits per heavy atom. The first-order valence-corrected chi connectivity index (χ1v) is 11.0. The summed E-state index contributed by atoms with van der Waals surface area (Å²) in [5.41, 5.74) is 2.04. The molecule has 0 radical (unpaired) electrons. The van der Waals surface area contributed by atoms with Gasteiger partial charge >= 0.3 is 0 Å². The lowest BCUT2D eigenvalue weighted by atomic mass is 10.2. The molecule has 1 saturated heterocycles. The van der Waals surface area contributed by atoms with Crippen molar-refractivity contribution >= 4 is 21.6 Å². The molecule has 0 bridgehead atoms. The molecule has 1 aliphatic rings. The molecule has 3 aromatic rings. The first-order valence-electron chi connectivity index (χ1n) is 9.15. The summed E-state index contributed by atoms with van der Waals surface area (Å²) in [5.74, 6) is 0.768. The van der Waals surface area contributed by atoms with Crippen molar-refractivity contribution in [3.8, 4) is 0 Å². The molecule has 1 fully saturated rings. The second kappa shape index (κ2) is 7.66. The van der Waals surface area contributed by atoms with Gasteiger partial charge in [-0.15, -0.1) is 0 Å². The highest BCUT2D eigenvalue weighted by molar-refractivity contribution is 7.89. The van der Waals surface area contributed by atoms with Gasteiger partial charge in [0.2, 0.25) is 10.0 Å². The monoisotopic (exact) mass is 416 g/mol. The summed E-state index contributed by atoms with van der Waals surface area (Å²) in [7, 11) is -3.66. The molecule has 3 heterocycles. The van der Waals surface area contributed by atoms with Crippen LogP contribution in [0.5, 0.6) is 0 Å². The van der Waals surface area contributed by atoms with E-state index in [9.17, 15) is 8.42 Å². The van der Waals surface area contributed by atoms with E-state index in [0.717, 1.165) is 29.9 Å². The summed E-state index contributed by atoms with van der Waals surface area (Å²) in [6.45, 7) is 3.06. The molecule has 0 amide bonds. The van der Waals surface area contributed by atoms with Gasteiger partial charge in [0.1, 0.15) is 5.82 Å². The summed E-state index contributed by atoms with van der Waals surface area (Å²) in [5, 5.41) is 0.408. The van der Waals surface area contributed by atoms with Gasteiger partial charge in [-0.3, -0.25) is 4.98 Å². The Morgan fingerprint density at radius 3 is 2.82 bits per heavy atom. The van der Waals surface area contributed by atoms with E-state index in [4.69, 9.17) is 11.6 Å². The zero-order chi connectivity index (χ0) is 19.7. The fraction of sp³-hybridized carbons (Fsp3) is 0.300. The van der Waals surface area contributed by atoms with Gasteiger partial charge in [0.05, 0.1) is 17.5 Å². The largest absolute Gasteiger partial charge is 0.327 e. The third-order valence-electron chi connectivity index (χ3n) is 5.05. The zero-order valence-corrected chi connectivity index (χ0v) is 17.1. The van der Waals surface area contributed by atoms with Gasteiger partial charge in [0, 0.05) is 35.9 Å². The zero-order valence-electron chi connectivity index (χ0n) is 15.5. The van der Waals surface area contributed by atoms with Crippen LogP contribution in [0.15, 0.2) is 59.9 Å². The smallest absolute Gasteiger partial charge is 0.243 e. The Morgan fingerprint density at radius 2 is 2.07 bits per heavy atom. The number of aromatic nitrogens is 3. The SMILES string of the molecule is Cc1cnc(C2CCCN2S(=O)(=O)c2cccc(Cl)c2)n1Cc1cccnc1. The molecule has 1 unspecified atom stereocenters. The minimum Gasteiger partial charge on any atom is -0.327 e. The molecule has 1 aliphatic heterocycles. The second-order valence-electron chi connectivity index (χ2n) is 6.94. The molecule has 4 rings (SSSR count). The maximum Gasteiger partial charge on any atom is 0.243 e. The predicted molar refractivity (Wildman–Crippen MR) is 108 cm³/mol. The molecule has 6 nitrogen and oxygen atoms in total. The number of aryl methyl sites for hydroxylation is 1. The lowest BCUT2D eigenvalue weighted by Gasteiger charge is -2.25. The Hall–Kier alpha value is -2.22. The number of halogens is 1. The highest BCUT2D eigenvalue weighted by atomic mass is 35.5. The lowest BCUT2D eigenvalue weighted by molar-refractivity contribution is 0.374. The number of hydrogen-bond donors (Lipinski definition) is 0. The van der Waals surface area contributed by atoms with Crippen molar-refractivity contribution in [2.75, 3.05) is 6.54 Å². The van der Waals surface area contributed by atoms with Crippen LogP contribution in [0.4, 0.5) is 0 Å². The topological polar surface area (TPSA) is 68.1 Å². The quantitative estimate of drug-likeness (QED) is 0.634. The lowest BCUT2D eigenvalue weighted by Crippen LogP contribution is -2.32. The van der Waals surface area contributed by atoms with E-state index in [1.165, 1.54) is 6.07 Å². The van der Waals surface area contributed by atoms with Crippen LogP contribution < -0.4 is 0 Å². The molecule has 0 aliphatic carbocycles. The van der Waals surface area contributed by atoms with E-state index in [0.29, 0.717) is 18.1 Å². The third-order valence-corrected chi connectivity index (χ3v) is 7.19. The Labute approximate surface area is 169 Å². The maximum absolute atomic E-state index is 13.3. The summed E-state index contributed by atoms with van der Waals surface area (Å²) < 4.78 is 30.2. The first kappa shape index (κ1) is 19.1. The van der Waals surface area contributed by atoms with Crippen molar-refractivity contribution in [1.29, 1.82) is 0 Å². The standard InChI is InChI=1S/C20H21ClN4O2S/c1-15-12-23-20(24(15)14-16-5-3-9-22-13-16)19-8-4-10-25(19)28(26,27)18-7-2-6-17(21)11-18/h2-3,5-7,9,11-13,19H,4,8,10,14H2,1H3. The van der Waals surface area contributed by atoms with Crippen molar-refractivity contribution in [3.05, 3.63) is 77.1 Å². The summed E-state index contributed by atoms with van der Waals surface area (Å²) in [6, 6.07) is 10.0. The van der Waals surface area contributed by atoms with Crippen LogP contribution >= 0.6 is 11.6 Å². The molecule has 0 spiro atoms. The Kier molecular flexibility index (Phi) is 5.23.